The molecule has 20 heavy (non-hydrogen) atoms. The van der Waals surface area contributed by atoms with Gasteiger partial charge in [-0.2, -0.15) is 0 Å². The van der Waals surface area contributed by atoms with Crippen LogP contribution in [0.5, 0.6) is 11.5 Å². The second-order valence-electron chi connectivity index (χ2n) is 5.94. The molecular weight excluding hydrogens is 250 g/mol. The lowest BCUT2D eigenvalue weighted by molar-refractivity contribution is 0.280. The van der Waals surface area contributed by atoms with Gasteiger partial charge < -0.3 is 14.8 Å². The van der Waals surface area contributed by atoms with Crippen molar-refractivity contribution in [3.05, 3.63) is 18.2 Å². The molecule has 3 heteroatoms. The monoisotopic (exact) mass is 277 g/mol. The smallest absolute Gasteiger partial charge is 0.163 e. The maximum absolute atomic E-state index is 5.64. The van der Waals surface area contributed by atoms with Crippen LogP contribution in [0.1, 0.15) is 40.0 Å². The second-order valence-corrected chi connectivity index (χ2v) is 5.94. The summed E-state index contributed by atoms with van der Waals surface area (Å²) >= 11 is 0. The Hall–Kier alpha value is -1.38. The molecule has 3 unspecified atom stereocenters. The topological polar surface area (TPSA) is 30.5 Å². The maximum Gasteiger partial charge on any atom is 0.163 e. The molecule has 3 atom stereocenters. The first-order valence-electron chi connectivity index (χ1n) is 7.71. The summed E-state index contributed by atoms with van der Waals surface area (Å²) in [5.41, 5.74) is 1.13. The van der Waals surface area contributed by atoms with E-state index in [1.807, 2.05) is 19.1 Å². The van der Waals surface area contributed by atoms with Crippen molar-refractivity contribution in [2.24, 2.45) is 11.8 Å². The van der Waals surface area contributed by atoms with E-state index in [2.05, 4.69) is 25.2 Å². The number of hydrogen-bond donors (Lipinski definition) is 1. The summed E-state index contributed by atoms with van der Waals surface area (Å²) in [4.78, 5) is 0. The molecule has 0 aliphatic heterocycles. The predicted octanol–water partition coefficient (Wildman–Crippen LogP) is 4.33. The molecule has 0 bridgehead atoms. The van der Waals surface area contributed by atoms with E-state index in [9.17, 15) is 0 Å². The average molecular weight is 277 g/mol. The Balaban J connectivity index is 2.10. The third-order valence-electron chi connectivity index (χ3n) is 4.27. The Morgan fingerprint density at radius 1 is 1.20 bits per heavy atom. The summed E-state index contributed by atoms with van der Waals surface area (Å²) in [6.07, 6.45) is 3.91. The van der Waals surface area contributed by atoms with Crippen LogP contribution in [0.2, 0.25) is 0 Å². The van der Waals surface area contributed by atoms with Crippen LogP contribution >= 0.6 is 0 Å². The lowest BCUT2D eigenvalue weighted by atomic mass is 9.80. The number of anilines is 1. The van der Waals surface area contributed by atoms with Gasteiger partial charge in [0.25, 0.3) is 0 Å². The summed E-state index contributed by atoms with van der Waals surface area (Å²) < 4.78 is 11.0. The van der Waals surface area contributed by atoms with E-state index in [0.717, 1.165) is 29.0 Å². The van der Waals surface area contributed by atoms with Crippen LogP contribution in [0.3, 0.4) is 0 Å². The van der Waals surface area contributed by atoms with Gasteiger partial charge in [-0.25, -0.2) is 0 Å². The molecular formula is C17H27NO2. The molecule has 1 fully saturated rings. The zero-order chi connectivity index (χ0) is 14.5. The lowest BCUT2D eigenvalue weighted by Gasteiger charge is -2.34. The van der Waals surface area contributed by atoms with E-state index in [-0.39, 0.29) is 0 Å². The SMILES string of the molecule is CCOc1cc(NC2CC(C)CCC2C)ccc1OC. The first-order valence-corrected chi connectivity index (χ1v) is 7.71. The summed E-state index contributed by atoms with van der Waals surface area (Å²) in [5.74, 6) is 3.15. The van der Waals surface area contributed by atoms with Crippen molar-refractivity contribution in [1.29, 1.82) is 0 Å². The normalized spacial score (nSPS) is 26.1. The summed E-state index contributed by atoms with van der Waals surface area (Å²) in [6.45, 7) is 7.33. The molecule has 0 aromatic heterocycles. The lowest BCUT2D eigenvalue weighted by Crippen LogP contribution is -2.33. The van der Waals surface area contributed by atoms with Gasteiger partial charge in [0.1, 0.15) is 0 Å². The Morgan fingerprint density at radius 2 is 2.00 bits per heavy atom. The summed E-state index contributed by atoms with van der Waals surface area (Å²) in [6, 6.07) is 6.66. The van der Waals surface area contributed by atoms with E-state index < -0.39 is 0 Å². The van der Waals surface area contributed by atoms with Gasteiger partial charge >= 0.3 is 0 Å². The zero-order valence-corrected chi connectivity index (χ0v) is 13.1. The molecule has 112 valence electrons. The molecule has 1 aromatic carbocycles. The highest BCUT2D eigenvalue weighted by atomic mass is 16.5. The van der Waals surface area contributed by atoms with Crippen molar-refractivity contribution in [2.45, 2.75) is 46.1 Å². The van der Waals surface area contributed by atoms with Crippen LogP contribution in [-0.4, -0.2) is 19.8 Å². The Morgan fingerprint density at radius 3 is 2.70 bits per heavy atom. The van der Waals surface area contributed by atoms with Crippen molar-refractivity contribution in [3.63, 3.8) is 0 Å². The number of nitrogens with one attached hydrogen (secondary N) is 1. The predicted molar refractivity (Wildman–Crippen MR) is 83.8 cm³/mol. The minimum absolute atomic E-state index is 0.557. The molecule has 1 aliphatic carbocycles. The molecule has 3 nitrogen and oxygen atoms in total. The van der Waals surface area contributed by atoms with Crippen molar-refractivity contribution in [2.75, 3.05) is 19.0 Å². The highest BCUT2D eigenvalue weighted by Crippen LogP contribution is 2.34. The Bertz CT molecular complexity index is 433. The molecule has 0 saturated heterocycles. The van der Waals surface area contributed by atoms with Gasteiger partial charge in [0.2, 0.25) is 0 Å². The number of methoxy groups -OCH3 is 1. The first-order chi connectivity index (χ1) is 9.63. The van der Waals surface area contributed by atoms with Gasteiger partial charge in [0.15, 0.2) is 11.5 Å². The second kappa shape index (κ2) is 6.87. The van der Waals surface area contributed by atoms with Crippen molar-refractivity contribution in [3.8, 4) is 11.5 Å². The maximum atomic E-state index is 5.64. The van der Waals surface area contributed by atoms with Crippen LogP contribution in [0.15, 0.2) is 18.2 Å². The number of ether oxygens (including phenoxy) is 2. The molecule has 2 rings (SSSR count). The van der Waals surface area contributed by atoms with E-state index in [1.54, 1.807) is 7.11 Å². The van der Waals surface area contributed by atoms with Crippen LogP contribution in [0.4, 0.5) is 5.69 Å². The molecule has 0 radical (unpaired) electrons. The van der Waals surface area contributed by atoms with E-state index in [1.165, 1.54) is 19.3 Å². The van der Waals surface area contributed by atoms with Gasteiger partial charge in [-0.1, -0.05) is 20.3 Å². The largest absolute Gasteiger partial charge is 0.493 e. The van der Waals surface area contributed by atoms with Crippen LogP contribution < -0.4 is 14.8 Å². The van der Waals surface area contributed by atoms with Crippen molar-refractivity contribution in [1.82, 2.24) is 0 Å². The quantitative estimate of drug-likeness (QED) is 0.869. The third-order valence-corrected chi connectivity index (χ3v) is 4.27. The minimum Gasteiger partial charge on any atom is -0.493 e. The Kier molecular flexibility index (Phi) is 5.16. The van der Waals surface area contributed by atoms with E-state index >= 15 is 0 Å². The van der Waals surface area contributed by atoms with Gasteiger partial charge in [-0.15, -0.1) is 0 Å². The van der Waals surface area contributed by atoms with E-state index in [4.69, 9.17) is 9.47 Å². The number of benzene rings is 1. The van der Waals surface area contributed by atoms with E-state index in [0.29, 0.717) is 12.6 Å². The Labute approximate surface area is 122 Å². The minimum atomic E-state index is 0.557. The van der Waals surface area contributed by atoms with Crippen LogP contribution in [0, 0.1) is 11.8 Å². The standard InChI is InChI=1S/C17H27NO2/c1-5-20-17-11-14(8-9-16(17)19-4)18-15-10-12(2)6-7-13(15)3/h8-9,11-13,15,18H,5-7,10H2,1-4H3. The van der Waals surface area contributed by atoms with Gasteiger partial charge in [-0.05, 0) is 43.7 Å². The zero-order valence-electron chi connectivity index (χ0n) is 13.1. The molecule has 0 amide bonds. The number of hydrogen-bond acceptors (Lipinski definition) is 3. The molecule has 1 saturated carbocycles. The highest BCUT2D eigenvalue weighted by molar-refractivity contribution is 5.55. The van der Waals surface area contributed by atoms with Crippen molar-refractivity contribution >= 4 is 5.69 Å². The first kappa shape index (κ1) is 15.0. The highest BCUT2D eigenvalue weighted by Gasteiger charge is 2.25. The molecule has 0 heterocycles. The summed E-state index contributed by atoms with van der Waals surface area (Å²) in [7, 11) is 1.68. The summed E-state index contributed by atoms with van der Waals surface area (Å²) in [5, 5.41) is 3.68. The van der Waals surface area contributed by atoms with Gasteiger partial charge in [0, 0.05) is 17.8 Å². The third kappa shape index (κ3) is 3.59. The fourth-order valence-electron chi connectivity index (χ4n) is 2.98. The number of rotatable bonds is 5. The fraction of sp³-hybridized carbons (Fsp3) is 0.647. The van der Waals surface area contributed by atoms with Crippen LogP contribution in [-0.2, 0) is 0 Å². The molecule has 1 aliphatic rings. The van der Waals surface area contributed by atoms with Crippen molar-refractivity contribution < 1.29 is 9.47 Å². The van der Waals surface area contributed by atoms with Crippen LogP contribution in [0.25, 0.3) is 0 Å². The molecule has 0 spiro atoms. The fourth-order valence-corrected chi connectivity index (χ4v) is 2.98. The molecule has 1 aromatic rings. The average Bonchev–Trinajstić information content (AvgIpc) is 2.44. The molecule has 1 N–H and O–H groups in total. The van der Waals surface area contributed by atoms with Gasteiger partial charge in [-0.3, -0.25) is 0 Å². The van der Waals surface area contributed by atoms with Gasteiger partial charge in [0.05, 0.1) is 13.7 Å².